The average Bonchev–Trinajstić information content (AvgIpc) is 3.10. The van der Waals surface area contributed by atoms with Crippen molar-refractivity contribution in [2.75, 3.05) is 45.7 Å². The first-order chi connectivity index (χ1) is 12.1. The molecule has 1 fully saturated rings. The largest absolute Gasteiger partial charge is 0.465 e. The van der Waals surface area contributed by atoms with Gasteiger partial charge < -0.3 is 14.5 Å². The van der Waals surface area contributed by atoms with E-state index in [0.717, 1.165) is 37.4 Å². The number of carbonyl (C=O) groups excluding carboxylic acids is 2. The Bertz CT molecular complexity index is 752. The quantitative estimate of drug-likeness (QED) is 0.851. The van der Waals surface area contributed by atoms with Gasteiger partial charge in [0.15, 0.2) is 5.13 Å². The molecular formula is C17H20N4O3S. The number of nitrogens with one attached hydrogen (secondary N) is 1. The Morgan fingerprint density at radius 1 is 1.16 bits per heavy atom. The average molecular weight is 360 g/mol. The zero-order chi connectivity index (χ0) is 17.8. The second-order valence-electron chi connectivity index (χ2n) is 5.83. The lowest BCUT2D eigenvalue weighted by molar-refractivity contribution is 0.0600. The summed E-state index contributed by atoms with van der Waals surface area (Å²) in [4.78, 5) is 32.2. The van der Waals surface area contributed by atoms with Crippen LogP contribution in [0.2, 0.25) is 0 Å². The van der Waals surface area contributed by atoms with Crippen LogP contribution in [0.1, 0.15) is 10.4 Å². The normalized spacial score (nSPS) is 15.0. The van der Waals surface area contributed by atoms with E-state index < -0.39 is 0 Å². The number of carbonyl (C=O) groups is 2. The summed E-state index contributed by atoms with van der Waals surface area (Å²) in [6, 6.07) is 6.90. The minimum absolute atomic E-state index is 0.116. The van der Waals surface area contributed by atoms with Crippen LogP contribution in [0.5, 0.6) is 0 Å². The van der Waals surface area contributed by atoms with Crippen LogP contribution in [-0.2, 0) is 4.74 Å². The van der Waals surface area contributed by atoms with E-state index in [2.05, 4.69) is 19.9 Å². The lowest BCUT2D eigenvalue weighted by Gasteiger charge is -2.32. The van der Waals surface area contributed by atoms with Gasteiger partial charge in [-0.05, 0) is 19.2 Å². The van der Waals surface area contributed by atoms with E-state index in [4.69, 9.17) is 0 Å². The monoisotopic (exact) mass is 360 g/mol. The van der Waals surface area contributed by atoms with Gasteiger partial charge in [-0.25, -0.2) is 14.6 Å². The van der Waals surface area contributed by atoms with Gasteiger partial charge in [-0.2, -0.15) is 0 Å². The van der Waals surface area contributed by atoms with Gasteiger partial charge in [-0.1, -0.05) is 12.1 Å². The van der Waals surface area contributed by atoms with Gasteiger partial charge in [0.05, 0.1) is 18.4 Å². The van der Waals surface area contributed by atoms with E-state index in [9.17, 15) is 9.59 Å². The Balaban J connectivity index is 1.64. The van der Waals surface area contributed by atoms with Crippen LogP contribution in [0.4, 0.5) is 9.93 Å². The van der Waals surface area contributed by atoms with Gasteiger partial charge in [-0.15, -0.1) is 11.3 Å². The highest BCUT2D eigenvalue weighted by Crippen LogP contribution is 2.25. The molecule has 2 heterocycles. The molecule has 8 heteroatoms. The minimum Gasteiger partial charge on any atom is -0.465 e. The van der Waals surface area contributed by atoms with Crippen LogP contribution >= 0.6 is 11.3 Å². The Morgan fingerprint density at radius 2 is 1.84 bits per heavy atom. The Kier molecular flexibility index (Phi) is 5.30. The topological polar surface area (TPSA) is 74.8 Å². The summed E-state index contributed by atoms with van der Waals surface area (Å²) in [5.41, 5.74) is 2.13. The second kappa shape index (κ2) is 7.62. The van der Waals surface area contributed by atoms with Crippen molar-refractivity contribution >= 4 is 28.5 Å². The molecule has 1 aromatic carbocycles. The molecule has 1 aliphatic heterocycles. The minimum atomic E-state index is -0.370. The summed E-state index contributed by atoms with van der Waals surface area (Å²) >= 11 is 1.38. The molecule has 0 bridgehead atoms. The number of anilines is 1. The third-order valence-electron chi connectivity index (χ3n) is 4.11. The number of benzene rings is 1. The Hall–Kier alpha value is -2.45. The summed E-state index contributed by atoms with van der Waals surface area (Å²) in [7, 11) is 3.40. The number of aromatic nitrogens is 1. The number of amides is 2. The molecule has 0 radical (unpaired) electrons. The number of hydrogen-bond donors (Lipinski definition) is 1. The van der Waals surface area contributed by atoms with Crippen LogP contribution in [0.25, 0.3) is 11.3 Å². The van der Waals surface area contributed by atoms with Crippen molar-refractivity contribution < 1.29 is 14.3 Å². The molecule has 25 heavy (non-hydrogen) atoms. The summed E-state index contributed by atoms with van der Waals surface area (Å²) in [6.45, 7) is 3.19. The predicted octanol–water partition coefficient (Wildman–Crippen LogP) is 2.38. The van der Waals surface area contributed by atoms with Crippen molar-refractivity contribution in [3.05, 3.63) is 35.2 Å². The van der Waals surface area contributed by atoms with E-state index >= 15 is 0 Å². The SMILES string of the molecule is COC(=O)c1ccc(-c2csc(NC(=O)N3CCN(C)CC3)n2)cc1. The molecular weight excluding hydrogens is 340 g/mol. The molecule has 0 saturated carbocycles. The maximum absolute atomic E-state index is 12.3. The van der Waals surface area contributed by atoms with Crippen LogP contribution in [0, 0.1) is 0 Å². The fraction of sp³-hybridized carbons (Fsp3) is 0.353. The molecule has 0 unspecified atom stereocenters. The van der Waals surface area contributed by atoms with Crippen molar-refractivity contribution in [1.82, 2.24) is 14.8 Å². The number of ether oxygens (including phenoxy) is 1. The predicted molar refractivity (Wildman–Crippen MR) is 97.0 cm³/mol. The first-order valence-electron chi connectivity index (χ1n) is 7.95. The smallest absolute Gasteiger partial charge is 0.337 e. The van der Waals surface area contributed by atoms with Gasteiger partial charge in [0, 0.05) is 37.1 Å². The number of methoxy groups -OCH3 is 1. The number of urea groups is 1. The highest BCUT2D eigenvalue weighted by atomic mass is 32.1. The number of nitrogens with zero attached hydrogens (tertiary/aromatic N) is 3. The number of esters is 1. The van der Waals surface area contributed by atoms with Crippen molar-refractivity contribution in [2.24, 2.45) is 0 Å². The number of likely N-dealkylation sites (N-methyl/N-ethyl adjacent to an activating group) is 1. The van der Waals surface area contributed by atoms with E-state index in [0.29, 0.717) is 10.7 Å². The van der Waals surface area contributed by atoms with E-state index in [1.54, 1.807) is 17.0 Å². The lowest BCUT2D eigenvalue weighted by Crippen LogP contribution is -2.48. The van der Waals surface area contributed by atoms with E-state index in [-0.39, 0.29) is 12.0 Å². The molecule has 0 atom stereocenters. The maximum Gasteiger partial charge on any atom is 0.337 e. The Labute approximate surface area is 150 Å². The van der Waals surface area contributed by atoms with Crippen molar-refractivity contribution in [3.63, 3.8) is 0 Å². The zero-order valence-corrected chi connectivity index (χ0v) is 15.0. The molecule has 0 aliphatic carbocycles. The molecule has 2 amide bonds. The molecule has 3 rings (SSSR count). The van der Waals surface area contributed by atoms with Crippen LogP contribution in [-0.4, -0.2) is 67.1 Å². The van der Waals surface area contributed by atoms with Gasteiger partial charge in [0.25, 0.3) is 0 Å². The summed E-state index contributed by atoms with van der Waals surface area (Å²) in [6.07, 6.45) is 0. The fourth-order valence-corrected chi connectivity index (χ4v) is 3.25. The highest BCUT2D eigenvalue weighted by Gasteiger charge is 2.20. The first-order valence-corrected chi connectivity index (χ1v) is 8.83. The Morgan fingerprint density at radius 3 is 2.48 bits per heavy atom. The van der Waals surface area contributed by atoms with Gasteiger partial charge in [0.2, 0.25) is 0 Å². The molecule has 1 aliphatic rings. The standard InChI is InChI=1S/C17H20N4O3S/c1-20-7-9-21(10-8-20)17(23)19-16-18-14(11-25-16)12-3-5-13(6-4-12)15(22)24-2/h3-6,11H,7-10H2,1-2H3,(H,18,19,23). The third-order valence-corrected chi connectivity index (χ3v) is 4.87. The van der Waals surface area contributed by atoms with Crippen LogP contribution in [0.15, 0.2) is 29.6 Å². The van der Waals surface area contributed by atoms with Crippen molar-refractivity contribution in [2.45, 2.75) is 0 Å². The third kappa shape index (κ3) is 4.15. The first kappa shape index (κ1) is 17.4. The second-order valence-corrected chi connectivity index (χ2v) is 6.69. The number of piperazine rings is 1. The number of hydrogen-bond acceptors (Lipinski definition) is 6. The number of rotatable bonds is 3. The van der Waals surface area contributed by atoms with Gasteiger partial charge in [-0.3, -0.25) is 5.32 Å². The van der Waals surface area contributed by atoms with E-state index in [1.165, 1.54) is 18.4 Å². The van der Waals surface area contributed by atoms with E-state index in [1.807, 2.05) is 24.6 Å². The van der Waals surface area contributed by atoms with Crippen molar-refractivity contribution in [3.8, 4) is 11.3 Å². The zero-order valence-electron chi connectivity index (χ0n) is 14.2. The van der Waals surface area contributed by atoms with Crippen LogP contribution < -0.4 is 5.32 Å². The fourth-order valence-electron chi connectivity index (χ4n) is 2.54. The van der Waals surface area contributed by atoms with Crippen LogP contribution in [0.3, 0.4) is 0 Å². The molecule has 1 saturated heterocycles. The summed E-state index contributed by atoms with van der Waals surface area (Å²) in [5.74, 6) is -0.370. The molecule has 132 valence electrons. The van der Waals surface area contributed by atoms with Gasteiger partial charge >= 0.3 is 12.0 Å². The van der Waals surface area contributed by atoms with Crippen molar-refractivity contribution in [1.29, 1.82) is 0 Å². The summed E-state index contributed by atoms with van der Waals surface area (Å²) < 4.78 is 4.69. The summed E-state index contributed by atoms with van der Waals surface area (Å²) in [5, 5.41) is 5.30. The lowest BCUT2D eigenvalue weighted by atomic mass is 10.1. The molecule has 0 spiro atoms. The molecule has 7 nitrogen and oxygen atoms in total. The molecule has 1 aromatic heterocycles. The maximum atomic E-state index is 12.3. The molecule has 1 N–H and O–H groups in total. The highest BCUT2D eigenvalue weighted by molar-refractivity contribution is 7.14. The number of thiazole rings is 1. The molecule has 2 aromatic rings. The van der Waals surface area contributed by atoms with Gasteiger partial charge in [0.1, 0.15) is 0 Å².